The Morgan fingerprint density at radius 3 is 2.21 bits per heavy atom. The summed E-state index contributed by atoms with van der Waals surface area (Å²) in [5.74, 6) is -0.558. The van der Waals surface area contributed by atoms with E-state index in [4.69, 9.17) is 4.55 Å². The molecule has 0 aromatic rings. The smallest absolute Gasteiger partial charge is 0.391 e. The van der Waals surface area contributed by atoms with Gasteiger partial charge in [-0.25, -0.2) is 4.18 Å². The first-order chi connectivity index (χ1) is 8.53. The van der Waals surface area contributed by atoms with Gasteiger partial charge in [-0.15, -0.1) is 0 Å². The van der Waals surface area contributed by atoms with Crippen molar-refractivity contribution in [2.45, 2.75) is 38.6 Å². The minimum Gasteiger partial charge on any atom is -0.391 e. The molecule has 0 aromatic carbocycles. The molecule has 11 heteroatoms. The zero-order chi connectivity index (χ0) is 15.2. The molecule has 0 heterocycles. The van der Waals surface area contributed by atoms with E-state index in [2.05, 4.69) is 14.2 Å². The number of aliphatic hydroxyl groups is 3. The first-order valence-corrected chi connectivity index (χ1v) is 6.48. The topological polar surface area (TPSA) is 163 Å². The molecule has 19 heavy (non-hydrogen) atoms. The number of nitrogens with one attached hydrogen (secondary N) is 1. The van der Waals surface area contributed by atoms with E-state index in [0.29, 0.717) is 0 Å². The highest BCUT2D eigenvalue weighted by Gasteiger charge is 2.28. The molecular weight excluding hydrogens is 286 g/mol. The van der Waals surface area contributed by atoms with Gasteiger partial charge in [0.25, 0.3) is 0 Å². The molecule has 0 radical (unpaired) electrons. The maximum atomic E-state index is 10.8. The third-order valence-electron chi connectivity index (χ3n) is 1.85. The number of carbonyl (C=O) groups is 1. The van der Waals surface area contributed by atoms with Crippen molar-refractivity contribution in [1.29, 1.82) is 0 Å². The van der Waals surface area contributed by atoms with Crippen LogP contribution in [-0.4, -0.2) is 65.5 Å². The lowest BCUT2D eigenvalue weighted by molar-refractivity contribution is -0.233. The van der Waals surface area contributed by atoms with Crippen LogP contribution in [0.3, 0.4) is 0 Å². The number of hydrogen-bond donors (Lipinski definition) is 5. The lowest BCUT2D eigenvalue weighted by Gasteiger charge is -2.27. The Hall–Kier alpha value is -0.820. The van der Waals surface area contributed by atoms with Gasteiger partial charge < -0.3 is 25.4 Å². The summed E-state index contributed by atoms with van der Waals surface area (Å²) in [5, 5.41) is 30.1. The van der Waals surface area contributed by atoms with Crippen molar-refractivity contribution in [2.75, 3.05) is 6.61 Å². The van der Waals surface area contributed by atoms with E-state index >= 15 is 0 Å². The molecule has 0 rings (SSSR count). The minimum atomic E-state index is -4.75. The molecular formula is C8H17NO9S. The molecule has 0 aliphatic carbocycles. The highest BCUT2D eigenvalue weighted by Crippen LogP contribution is 2.05. The summed E-state index contributed by atoms with van der Waals surface area (Å²) in [6.07, 6.45) is -4.91. The van der Waals surface area contributed by atoms with Crippen LogP contribution in [-0.2, 0) is 24.1 Å². The second kappa shape index (κ2) is 7.69. The van der Waals surface area contributed by atoms with E-state index in [9.17, 15) is 28.5 Å². The molecule has 0 bridgehead atoms. The van der Waals surface area contributed by atoms with Gasteiger partial charge in [-0.2, -0.15) is 8.42 Å². The van der Waals surface area contributed by atoms with E-state index in [0.717, 1.165) is 6.92 Å². The largest absolute Gasteiger partial charge is 0.397 e. The SMILES string of the molecule is CC(=O)NC(C(C)O)C(O)OC(O)COS(=O)(=O)O. The summed E-state index contributed by atoms with van der Waals surface area (Å²) in [4.78, 5) is 10.8. The third kappa shape index (κ3) is 8.83. The average Bonchev–Trinajstić information content (AvgIpc) is 2.21. The molecule has 0 aliphatic heterocycles. The number of hydrogen-bond acceptors (Lipinski definition) is 8. The Bertz CT molecular complexity index is 382. The zero-order valence-electron chi connectivity index (χ0n) is 10.3. The molecule has 0 fully saturated rings. The molecule has 4 unspecified atom stereocenters. The van der Waals surface area contributed by atoms with Crippen molar-refractivity contribution >= 4 is 16.3 Å². The first kappa shape index (κ1) is 18.2. The molecule has 4 atom stereocenters. The lowest BCUT2D eigenvalue weighted by Crippen LogP contribution is -2.51. The van der Waals surface area contributed by atoms with Crippen molar-refractivity contribution in [2.24, 2.45) is 0 Å². The van der Waals surface area contributed by atoms with Crippen LogP contribution in [0.5, 0.6) is 0 Å². The molecule has 114 valence electrons. The van der Waals surface area contributed by atoms with Crippen molar-refractivity contribution in [1.82, 2.24) is 5.32 Å². The number of rotatable bonds is 8. The highest BCUT2D eigenvalue weighted by molar-refractivity contribution is 7.80. The Kier molecular flexibility index (Phi) is 7.36. The van der Waals surface area contributed by atoms with Crippen LogP contribution in [0.25, 0.3) is 0 Å². The molecule has 1 amide bonds. The van der Waals surface area contributed by atoms with E-state index < -0.39 is 47.6 Å². The number of amides is 1. The van der Waals surface area contributed by atoms with Gasteiger partial charge >= 0.3 is 10.4 Å². The summed E-state index contributed by atoms with van der Waals surface area (Å²) in [7, 11) is -4.75. The van der Waals surface area contributed by atoms with Crippen LogP contribution in [0.1, 0.15) is 13.8 Å². The molecule has 0 saturated heterocycles. The Morgan fingerprint density at radius 2 is 1.84 bits per heavy atom. The Morgan fingerprint density at radius 1 is 1.32 bits per heavy atom. The van der Waals surface area contributed by atoms with Crippen molar-refractivity contribution < 1.29 is 42.0 Å². The fraction of sp³-hybridized carbons (Fsp3) is 0.875. The average molecular weight is 303 g/mol. The van der Waals surface area contributed by atoms with Crippen molar-refractivity contribution in [3.63, 3.8) is 0 Å². The second-order valence-electron chi connectivity index (χ2n) is 3.66. The van der Waals surface area contributed by atoms with E-state index in [1.165, 1.54) is 6.92 Å². The van der Waals surface area contributed by atoms with E-state index in [-0.39, 0.29) is 0 Å². The maximum absolute atomic E-state index is 10.8. The molecule has 0 spiro atoms. The Labute approximate surface area is 109 Å². The van der Waals surface area contributed by atoms with Gasteiger partial charge in [0.1, 0.15) is 12.6 Å². The summed E-state index contributed by atoms with van der Waals surface area (Å²) in [5.41, 5.74) is 0. The highest BCUT2D eigenvalue weighted by atomic mass is 32.3. The quantitative estimate of drug-likeness (QED) is 0.238. The molecule has 0 saturated carbocycles. The first-order valence-electron chi connectivity index (χ1n) is 5.11. The Balaban J connectivity index is 4.38. The van der Waals surface area contributed by atoms with Crippen LogP contribution >= 0.6 is 0 Å². The van der Waals surface area contributed by atoms with Gasteiger partial charge in [0.2, 0.25) is 5.91 Å². The number of ether oxygens (including phenoxy) is 1. The summed E-state index contributed by atoms with van der Waals surface area (Å²) in [6, 6.07) is -1.24. The van der Waals surface area contributed by atoms with Gasteiger partial charge in [0, 0.05) is 6.92 Å². The normalized spacial score (nSPS) is 18.4. The fourth-order valence-corrected chi connectivity index (χ4v) is 1.38. The summed E-state index contributed by atoms with van der Waals surface area (Å²) in [6.45, 7) is 1.43. The fourth-order valence-electron chi connectivity index (χ4n) is 1.09. The lowest BCUT2D eigenvalue weighted by atomic mass is 10.1. The molecule has 5 N–H and O–H groups in total. The van der Waals surface area contributed by atoms with E-state index in [1.54, 1.807) is 0 Å². The van der Waals surface area contributed by atoms with Gasteiger partial charge in [0.15, 0.2) is 12.6 Å². The van der Waals surface area contributed by atoms with Crippen LogP contribution < -0.4 is 5.32 Å². The molecule has 10 nitrogen and oxygen atoms in total. The molecule has 0 aliphatic rings. The monoisotopic (exact) mass is 303 g/mol. The van der Waals surface area contributed by atoms with Crippen LogP contribution in [0.2, 0.25) is 0 Å². The van der Waals surface area contributed by atoms with Gasteiger partial charge in [-0.05, 0) is 6.92 Å². The van der Waals surface area contributed by atoms with Gasteiger partial charge in [-0.3, -0.25) is 9.35 Å². The van der Waals surface area contributed by atoms with Crippen LogP contribution in [0, 0.1) is 0 Å². The predicted octanol–water partition coefficient (Wildman–Crippen LogP) is -2.66. The standard InChI is InChI=1S/C8H17NO9S/c1-4(10)7(9-5(2)11)8(13)18-6(12)3-17-19(14,15)16/h4,6-8,10,12-13H,3H2,1-2H3,(H,9,11)(H,14,15,16). The number of carbonyl (C=O) groups excluding carboxylic acids is 1. The minimum absolute atomic E-state index is 0.558. The maximum Gasteiger partial charge on any atom is 0.397 e. The van der Waals surface area contributed by atoms with Crippen LogP contribution in [0.15, 0.2) is 0 Å². The van der Waals surface area contributed by atoms with Gasteiger partial charge in [-0.1, -0.05) is 0 Å². The predicted molar refractivity (Wildman–Crippen MR) is 59.9 cm³/mol. The van der Waals surface area contributed by atoms with Crippen molar-refractivity contribution in [3.8, 4) is 0 Å². The van der Waals surface area contributed by atoms with Crippen LogP contribution in [0.4, 0.5) is 0 Å². The van der Waals surface area contributed by atoms with Crippen molar-refractivity contribution in [3.05, 3.63) is 0 Å². The third-order valence-corrected chi connectivity index (χ3v) is 2.29. The van der Waals surface area contributed by atoms with Gasteiger partial charge in [0.05, 0.1) is 6.10 Å². The van der Waals surface area contributed by atoms with E-state index in [1.807, 2.05) is 0 Å². The zero-order valence-corrected chi connectivity index (χ0v) is 11.1. The summed E-state index contributed by atoms with van der Waals surface area (Å²) < 4.78 is 37.0. The summed E-state index contributed by atoms with van der Waals surface area (Å²) >= 11 is 0. The number of aliphatic hydroxyl groups excluding tert-OH is 3. The molecule has 0 aromatic heterocycles. The second-order valence-corrected chi connectivity index (χ2v) is 4.75.